The Morgan fingerprint density at radius 1 is 0.933 bits per heavy atom. The van der Waals surface area contributed by atoms with Crippen molar-refractivity contribution in [2.75, 3.05) is 11.3 Å². The summed E-state index contributed by atoms with van der Waals surface area (Å²) in [5.74, 6) is -0.615. The van der Waals surface area contributed by atoms with Gasteiger partial charge in [-0.05, 0) is 67.8 Å². The summed E-state index contributed by atoms with van der Waals surface area (Å²) in [6.45, 7) is 4.03. The van der Waals surface area contributed by atoms with Gasteiger partial charge in [0.2, 0.25) is 0 Å². The van der Waals surface area contributed by atoms with E-state index in [2.05, 4.69) is 10.0 Å². The number of benzene rings is 3. The summed E-state index contributed by atoms with van der Waals surface area (Å²) < 4.78 is 40.8. The van der Waals surface area contributed by atoms with Gasteiger partial charge in [-0.3, -0.25) is 9.52 Å². The van der Waals surface area contributed by atoms with Gasteiger partial charge in [-0.15, -0.1) is 0 Å². The van der Waals surface area contributed by atoms with E-state index < -0.39 is 10.0 Å². The van der Waals surface area contributed by atoms with Gasteiger partial charge in [-0.1, -0.05) is 35.9 Å². The highest BCUT2D eigenvalue weighted by molar-refractivity contribution is 7.92. The number of carbonyl (C=O) groups excluding carboxylic acids is 1. The van der Waals surface area contributed by atoms with Crippen molar-refractivity contribution in [3.8, 4) is 0 Å². The average molecular weight is 427 g/mol. The Bertz CT molecular complexity index is 1140. The van der Waals surface area contributed by atoms with Crippen LogP contribution in [-0.2, 0) is 16.4 Å². The average Bonchev–Trinajstić information content (AvgIpc) is 2.71. The molecule has 0 spiro atoms. The predicted octanol–water partition coefficient (Wildman–Crippen LogP) is 4.22. The van der Waals surface area contributed by atoms with Gasteiger partial charge in [0.25, 0.3) is 15.9 Å². The van der Waals surface area contributed by atoms with Crippen molar-refractivity contribution in [3.63, 3.8) is 0 Å². The van der Waals surface area contributed by atoms with Gasteiger partial charge in [0, 0.05) is 12.1 Å². The number of hydrogen-bond acceptors (Lipinski definition) is 3. The Kier molecular flexibility index (Phi) is 6.52. The Hall–Kier alpha value is -3.19. The first-order chi connectivity index (χ1) is 14.2. The van der Waals surface area contributed by atoms with Crippen molar-refractivity contribution in [1.29, 1.82) is 0 Å². The molecule has 0 atom stereocenters. The van der Waals surface area contributed by atoms with E-state index in [9.17, 15) is 17.6 Å². The van der Waals surface area contributed by atoms with Crippen LogP contribution >= 0.6 is 0 Å². The summed E-state index contributed by atoms with van der Waals surface area (Å²) in [5.41, 5.74) is 3.27. The molecule has 0 saturated heterocycles. The third-order valence-electron chi connectivity index (χ3n) is 4.69. The van der Waals surface area contributed by atoms with Gasteiger partial charge in [0.05, 0.1) is 10.6 Å². The van der Waals surface area contributed by atoms with E-state index in [0.29, 0.717) is 29.8 Å². The smallest absolute Gasteiger partial charge is 0.261 e. The van der Waals surface area contributed by atoms with Crippen LogP contribution in [0.5, 0.6) is 0 Å². The predicted molar refractivity (Wildman–Crippen MR) is 116 cm³/mol. The summed E-state index contributed by atoms with van der Waals surface area (Å²) in [6.07, 6.45) is 0.560. The van der Waals surface area contributed by atoms with Crippen LogP contribution in [-0.4, -0.2) is 20.9 Å². The highest BCUT2D eigenvalue weighted by Crippen LogP contribution is 2.21. The number of aryl methyl sites for hydroxylation is 2. The molecule has 156 valence electrons. The first-order valence-corrected chi connectivity index (χ1v) is 11.0. The quantitative estimate of drug-likeness (QED) is 0.594. The molecular formula is C23H23FN2O3S. The SMILES string of the molecule is Cc1ccc(S(=O)(=O)Nc2cc(C(=O)NCCc3ccc(F)cc3)ccc2C)cc1. The van der Waals surface area contributed by atoms with E-state index in [1.807, 2.05) is 6.92 Å². The van der Waals surface area contributed by atoms with Crippen molar-refractivity contribution in [2.45, 2.75) is 25.2 Å². The summed E-state index contributed by atoms with van der Waals surface area (Å²) in [6, 6.07) is 17.5. The van der Waals surface area contributed by atoms with E-state index in [0.717, 1.165) is 11.1 Å². The minimum absolute atomic E-state index is 0.154. The summed E-state index contributed by atoms with van der Waals surface area (Å²) in [4.78, 5) is 12.6. The van der Waals surface area contributed by atoms with Gasteiger partial charge in [-0.2, -0.15) is 0 Å². The molecule has 3 aromatic rings. The van der Waals surface area contributed by atoms with E-state index in [1.54, 1.807) is 55.5 Å². The number of nitrogens with one attached hydrogen (secondary N) is 2. The van der Waals surface area contributed by atoms with Crippen LogP contribution in [0.2, 0.25) is 0 Å². The second-order valence-electron chi connectivity index (χ2n) is 7.08. The fourth-order valence-corrected chi connectivity index (χ4v) is 3.99. The summed E-state index contributed by atoms with van der Waals surface area (Å²) in [5, 5.41) is 2.80. The summed E-state index contributed by atoms with van der Waals surface area (Å²) in [7, 11) is -3.76. The van der Waals surface area contributed by atoms with Crippen LogP contribution < -0.4 is 10.0 Å². The Labute approximate surface area is 176 Å². The van der Waals surface area contributed by atoms with Crippen LogP contribution in [0.25, 0.3) is 0 Å². The number of halogens is 1. The lowest BCUT2D eigenvalue weighted by molar-refractivity contribution is 0.0954. The zero-order chi connectivity index (χ0) is 21.7. The van der Waals surface area contributed by atoms with Gasteiger partial charge < -0.3 is 5.32 Å². The molecule has 3 rings (SSSR count). The maximum atomic E-state index is 13.0. The number of carbonyl (C=O) groups is 1. The molecule has 3 aromatic carbocycles. The first-order valence-electron chi connectivity index (χ1n) is 9.47. The normalized spacial score (nSPS) is 11.2. The molecule has 0 aromatic heterocycles. The monoisotopic (exact) mass is 426 g/mol. The molecule has 0 aliphatic heterocycles. The minimum Gasteiger partial charge on any atom is -0.352 e. The number of amides is 1. The fraction of sp³-hybridized carbons (Fsp3) is 0.174. The maximum Gasteiger partial charge on any atom is 0.261 e. The molecule has 0 heterocycles. The zero-order valence-electron chi connectivity index (χ0n) is 16.8. The van der Waals surface area contributed by atoms with Crippen LogP contribution in [0.15, 0.2) is 71.6 Å². The molecule has 30 heavy (non-hydrogen) atoms. The topological polar surface area (TPSA) is 75.3 Å². The van der Waals surface area contributed by atoms with Crippen LogP contribution in [0, 0.1) is 19.7 Å². The molecule has 0 aliphatic rings. The second kappa shape index (κ2) is 9.09. The van der Waals surface area contributed by atoms with Crippen molar-refractivity contribution in [3.05, 3.63) is 94.8 Å². The van der Waals surface area contributed by atoms with E-state index in [4.69, 9.17) is 0 Å². The van der Waals surface area contributed by atoms with Gasteiger partial charge in [0.15, 0.2) is 0 Å². The molecule has 0 aliphatic carbocycles. The minimum atomic E-state index is -3.76. The lowest BCUT2D eigenvalue weighted by Crippen LogP contribution is -2.26. The highest BCUT2D eigenvalue weighted by atomic mass is 32.2. The Morgan fingerprint density at radius 2 is 1.60 bits per heavy atom. The molecule has 0 radical (unpaired) electrons. The highest BCUT2D eigenvalue weighted by Gasteiger charge is 2.16. The molecule has 0 unspecified atom stereocenters. The van der Waals surface area contributed by atoms with Crippen LogP contribution in [0.3, 0.4) is 0 Å². The van der Waals surface area contributed by atoms with Crippen molar-refractivity contribution >= 4 is 21.6 Å². The first kappa shape index (κ1) is 21.5. The molecule has 0 saturated carbocycles. The Morgan fingerprint density at radius 3 is 2.27 bits per heavy atom. The third kappa shape index (κ3) is 5.45. The summed E-state index contributed by atoms with van der Waals surface area (Å²) >= 11 is 0. The molecule has 5 nitrogen and oxygen atoms in total. The van der Waals surface area contributed by atoms with E-state index in [1.165, 1.54) is 18.2 Å². The second-order valence-corrected chi connectivity index (χ2v) is 8.76. The molecule has 7 heteroatoms. The Balaban J connectivity index is 1.68. The number of sulfonamides is 1. The number of anilines is 1. The van der Waals surface area contributed by atoms with Crippen molar-refractivity contribution in [2.24, 2.45) is 0 Å². The number of hydrogen-bond donors (Lipinski definition) is 2. The number of rotatable bonds is 7. The van der Waals surface area contributed by atoms with E-state index in [-0.39, 0.29) is 16.6 Å². The molecule has 2 N–H and O–H groups in total. The largest absolute Gasteiger partial charge is 0.352 e. The maximum absolute atomic E-state index is 13.0. The van der Waals surface area contributed by atoms with E-state index >= 15 is 0 Å². The zero-order valence-corrected chi connectivity index (χ0v) is 17.6. The van der Waals surface area contributed by atoms with Crippen molar-refractivity contribution in [1.82, 2.24) is 5.32 Å². The van der Waals surface area contributed by atoms with Crippen LogP contribution in [0.4, 0.5) is 10.1 Å². The lowest BCUT2D eigenvalue weighted by Gasteiger charge is -2.13. The van der Waals surface area contributed by atoms with Gasteiger partial charge in [-0.25, -0.2) is 12.8 Å². The molecule has 0 bridgehead atoms. The van der Waals surface area contributed by atoms with Crippen molar-refractivity contribution < 1.29 is 17.6 Å². The molecular weight excluding hydrogens is 403 g/mol. The standard InChI is InChI=1S/C23H23FN2O3S/c1-16-3-11-21(12-4-16)30(28,29)26-22-15-19(8-5-17(22)2)23(27)25-14-13-18-6-9-20(24)10-7-18/h3-12,15,26H,13-14H2,1-2H3,(H,25,27). The molecule has 0 fully saturated rings. The third-order valence-corrected chi connectivity index (χ3v) is 6.07. The lowest BCUT2D eigenvalue weighted by atomic mass is 10.1. The fourth-order valence-electron chi connectivity index (χ4n) is 2.87. The molecule has 1 amide bonds. The van der Waals surface area contributed by atoms with Gasteiger partial charge in [0.1, 0.15) is 5.82 Å². The van der Waals surface area contributed by atoms with Gasteiger partial charge >= 0.3 is 0 Å². The van der Waals surface area contributed by atoms with Crippen LogP contribution in [0.1, 0.15) is 27.0 Å².